The molecule has 39 heavy (non-hydrogen) atoms. The summed E-state index contributed by atoms with van der Waals surface area (Å²) in [5, 5.41) is 15.5. The van der Waals surface area contributed by atoms with Crippen LogP contribution in [-0.4, -0.2) is 72.5 Å². The number of oxime groups is 1. The van der Waals surface area contributed by atoms with Gasteiger partial charge in [0.05, 0.1) is 5.56 Å². The number of allylic oxidation sites excluding steroid dienone is 2. The van der Waals surface area contributed by atoms with E-state index in [9.17, 15) is 24.3 Å². The van der Waals surface area contributed by atoms with Crippen molar-refractivity contribution in [1.29, 1.82) is 0 Å². The Labute approximate surface area is 229 Å². The first kappa shape index (κ1) is 27.3. The number of nitrogens with one attached hydrogen (secondary N) is 1. The number of β-lactam (4-membered cyclic amide) rings is 1. The Morgan fingerprint density at radius 1 is 1.38 bits per heavy atom. The number of primary amides is 1. The minimum absolute atomic E-state index is 0.0917. The van der Waals surface area contributed by atoms with Crippen molar-refractivity contribution in [3.8, 4) is 12.3 Å². The Bertz CT molecular complexity index is 1460. The Hall–Kier alpha value is -4.75. The molecule has 16 heteroatoms. The molecule has 0 spiro atoms. The molecule has 1 fully saturated rings. The average Bonchev–Trinajstić information content (AvgIpc) is 3.35. The number of aromatic nitrogens is 3. The maximum Gasteiger partial charge on any atom is 0.352 e. The second-order valence-corrected chi connectivity index (χ2v) is 9.85. The number of anilines is 1. The van der Waals surface area contributed by atoms with Crippen LogP contribution in [0.25, 0.3) is 0 Å². The van der Waals surface area contributed by atoms with Gasteiger partial charge in [-0.05, 0) is 11.6 Å². The van der Waals surface area contributed by atoms with Gasteiger partial charge in [0.25, 0.3) is 11.8 Å². The van der Waals surface area contributed by atoms with E-state index in [0.29, 0.717) is 17.7 Å². The molecule has 3 amide bonds. The molecule has 1 saturated heterocycles. The quantitative estimate of drug-likeness (QED) is 0.0675. The van der Waals surface area contributed by atoms with Crippen molar-refractivity contribution >= 4 is 57.8 Å². The first-order valence-electron chi connectivity index (χ1n) is 11.1. The standard InChI is InChI=1S/C23H20N8O6S2/c1-2-10-37-28-14(18-27-23(25)39-29-18)19(33)26-15-20(34)31-16(22(35)36)13(11-38-21(15)31)4-3-7-30-8-5-12(6-9-30)17(24)32/h1,3-6,8-9,15,21H,7,10-11H2,(H5-,24,25,26,27,29,32,33,35,36)/p+1/t15?,21-/m0/s1. The van der Waals surface area contributed by atoms with Crippen molar-refractivity contribution in [1.82, 2.24) is 19.6 Å². The van der Waals surface area contributed by atoms with E-state index in [4.69, 9.17) is 22.7 Å². The van der Waals surface area contributed by atoms with Gasteiger partial charge in [0.2, 0.25) is 17.4 Å². The van der Waals surface area contributed by atoms with Gasteiger partial charge in [-0.15, -0.1) is 18.2 Å². The van der Waals surface area contributed by atoms with Crippen LogP contribution in [0.5, 0.6) is 0 Å². The van der Waals surface area contributed by atoms with Crippen molar-refractivity contribution in [2.45, 2.75) is 18.0 Å². The Morgan fingerprint density at radius 2 is 2.13 bits per heavy atom. The van der Waals surface area contributed by atoms with Crippen LogP contribution in [0, 0.1) is 12.3 Å². The highest BCUT2D eigenvalue weighted by Gasteiger charge is 2.54. The fourth-order valence-electron chi connectivity index (χ4n) is 3.69. The number of pyridine rings is 1. The number of amides is 3. The minimum atomic E-state index is -1.27. The van der Waals surface area contributed by atoms with E-state index in [-0.39, 0.29) is 34.7 Å². The zero-order valence-corrected chi connectivity index (χ0v) is 21.6. The van der Waals surface area contributed by atoms with E-state index in [2.05, 4.69) is 25.8 Å². The molecule has 2 aliphatic rings. The molecule has 2 aromatic rings. The van der Waals surface area contributed by atoms with Gasteiger partial charge in [0.1, 0.15) is 17.1 Å². The van der Waals surface area contributed by atoms with Crippen LogP contribution >= 0.6 is 23.3 Å². The maximum atomic E-state index is 13.0. The number of terminal acetylenes is 1. The van der Waals surface area contributed by atoms with Gasteiger partial charge in [0, 0.05) is 29.4 Å². The van der Waals surface area contributed by atoms with Crippen molar-refractivity contribution in [2.75, 3.05) is 18.1 Å². The number of thioether (sulfide) groups is 1. The topological polar surface area (TPSA) is 207 Å². The van der Waals surface area contributed by atoms with E-state index in [1.807, 2.05) is 0 Å². The summed E-state index contributed by atoms with van der Waals surface area (Å²) in [5.41, 5.74) is 11.1. The van der Waals surface area contributed by atoms with Gasteiger partial charge < -0.3 is 26.7 Å². The summed E-state index contributed by atoms with van der Waals surface area (Å²) in [5.74, 6) is -0.850. The van der Waals surface area contributed by atoms with Gasteiger partial charge in [0.15, 0.2) is 30.7 Å². The van der Waals surface area contributed by atoms with E-state index in [1.165, 1.54) is 11.8 Å². The van der Waals surface area contributed by atoms with Crippen LogP contribution in [0.4, 0.5) is 5.13 Å². The number of carbonyl (C=O) groups excluding carboxylic acids is 3. The van der Waals surface area contributed by atoms with Gasteiger partial charge in [-0.3, -0.25) is 19.3 Å². The van der Waals surface area contributed by atoms with Crippen molar-refractivity contribution in [3.05, 3.63) is 59.3 Å². The fraction of sp³-hybridized carbons (Fsp3) is 0.217. The third-order valence-electron chi connectivity index (χ3n) is 5.47. The smallest absolute Gasteiger partial charge is 0.352 e. The molecule has 2 aliphatic heterocycles. The normalized spacial score (nSPS) is 18.8. The molecule has 0 saturated carbocycles. The van der Waals surface area contributed by atoms with Crippen molar-refractivity contribution in [2.24, 2.45) is 10.9 Å². The summed E-state index contributed by atoms with van der Waals surface area (Å²) in [6.45, 7) is 0.167. The number of fused-ring (bicyclic) bond motifs is 1. The third-order valence-corrected chi connectivity index (χ3v) is 7.31. The second kappa shape index (κ2) is 11.8. The molecule has 14 nitrogen and oxygen atoms in total. The summed E-state index contributed by atoms with van der Waals surface area (Å²) in [6, 6.07) is 2.13. The monoisotopic (exact) mass is 569 g/mol. The highest BCUT2D eigenvalue weighted by Crippen LogP contribution is 2.40. The summed E-state index contributed by atoms with van der Waals surface area (Å²) >= 11 is 2.13. The van der Waals surface area contributed by atoms with Gasteiger partial charge in [-0.2, -0.15) is 9.36 Å². The van der Waals surface area contributed by atoms with Crippen LogP contribution in [0.15, 0.2) is 53.1 Å². The SMILES string of the molecule is C#CCON=C(C(=O)NC1C(=O)N2C(C(=O)O)=C(C=CC[n+]3ccc(C(N)=O)cc3)CS[C@@H]12)c1nsc(N)n1. The molecule has 2 atom stereocenters. The number of hydrogen-bond donors (Lipinski definition) is 4. The van der Waals surface area contributed by atoms with E-state index in [1.54, 1.807) is 41.2 Å². The Kier molecular flexibility index (Phi) is 8.22. The molecule has 0 radical (unpaired) electrons. The lowest BCUT2D eigenvalue weighted by molar-refractivity contribution is -0.687. The predicted molar refractivity (Wildman–Crippen MR) is 140 cm³/mol. The summed E-state index contributed by atoms with van der Waals surface area (Å²) in [4.78, 5) is 59.2. The lowest BCUT2D eigenvalue weighted by atomic mass is 10.0. The molecule has 4 heterocycles. The lowest BCUT2D eigenvalue weighted by Crippen LogP contribution is -2.71. The zero-order valence-electron chi connectivity index (χ0n) is 20.0. The summed E-state index contributed by atoms with van der Waals surface area (Å²) in [7, 11) is 0. The number of nitrogen functional groups attached to an aromatic ring is 1. The second-order valence-electron chi connectivity index (χ2n) is 7.96. The first-order valence-corrected chi connectivity index (χ1v) is 12.9. The van der Waals surface area contributed by atoms with Crippen LogP contribution < -0.4 is 21.4 Å². The Morgan fingerprint density at radius 3 is 2.74 bits per heavy atom. The van der Waals surface area contributed by atoms with Gasteiger partial charge in [-0.1, -0.05) is 17.2 Å². The van der Waals surface area contributed by atoms with E-state index < -0.39 is 35.1 Å². The molecule has 200 valence electrons. The third kappa shape index (κ3) is 5.89. The van der Waals surface area contributed by atoms with Crippen LogP contribution in [0.2, 0.25) is 0 Å². The van der Waals surface area contributed by atoms with Gasteiger partial charge >= 0.3 is 5.97 Å². The summed E-state index contributed by atoms with van der Waals surface area (Å²) < 4.78 is 5.71. The molecule has 2 aromatic heterocycles. The van der Waals surface area contributed by atoms with E-state index >= 15 is 0 Å². The maximum absolute atomic E-state index is 13.0. The molecule has 1 unspecified atom stereocenters. The number of carbonyl (C=O) groups is 4. The number of hydrogen-bond acceptors (Lipinski definition) is 11. The zero-order chi connectivity index (χ0) is 28.1. The first-order chi connectivity index (χ1) is 18.7. The predicted octanol–water partition coefficient (Wildman–Crippen LogP) is -1.14. The van der Waals surface area contributed by atoms with Crippen LogP contribution in [0.3, 0.4) is 0 Å². The number of carboxylic acid groups (broad SMARTS) is 1. The van der Waals surface area contributed by atoms with Crippen LogP contribution in [0.1, 0.15) is 16.2 Å². The summed E-state index contributed by atoms with van der Waals surface area (Å²) in [6.07, 6.45) is 11.8. The highest BCUT2D eigenvalue weighted by atomic mass is 32.2. The molecule has 0 aromatic carbocycles. The molecular weight excluding hydrogens is 548 g/mol. The van der Waals surface area contributed by atoms with Crippen molar-refractivity contribution < 1.29 is 33.7 Å². The number of rotatable bonds is 10. The Balaban J connectivity index is 1.47. The molecule has 4 rings (SSSR count). The number of aliphatic carboxylic acids is 1. The molecule has 6 N–H and O–H groups in total. The molecule has 0 aliphatic carbocycles. The number of nitrogens with two attached hydrogens (primary N) is 2. The van der Waals surface area contributed by atoms with E-state index in [0.717, 1.165) is 16.4 Å². The largest absolute Gasteiger partial charge is 0.477 e. The van der Waals surface area contributed by atoms with Gasteiger partial charge in [-0.25, -0.2) is 9.36 Å². The lowest BCUT2D eigenvalue weighted by Gasteiger charge is -2.49. The highest BCUT2D eigenvalue weighted by molar-refractivity contribution is 8.00. The number of carboxylic acids is 1. The number of nitrogens with zero attached hydrogens (tertiary/aromatic N) is 5. The average molecular weight is 570 g/mol. The molecular formula is C23H21N8O6S2+. The fourth-order valence-corrected chi connectivity index (χ4v) is 5.44. The van der Waals surface area contributed by atoms with Crippen LogP contribution in [-0.2, 0) is 25.8 Å². The molecule has 0 bridgehead atoms. The van der Waals surface area contributed by atoms with Crippen molar-refractivity contribution in [3.63, 3.8) is 0 Å². The minimum Gasteiger partial charge on any atom is -0.477 e.